The van der Waals surface area contributed by atoms with Crippen molar-refractivity contribution in [2.24, 2.45) is 5.73 Å². The Hall–Kier alpha value is -1.85. The highest BCUT2D eigenvalue weighted by Crippen LogP contribution is 2.20. The normalized spacial score (nSPS) is 11.7. The minimum Gasteiger partial charge on any atom is -0.423 e. The Morgan fingerprint density at radius 3 is 2.68 bits per heavy atom. The molecule has 6 heteroatoms. The molecule has 0 bridgehead atoms. The van der Waals surface area contributed by atoms with Gasteiger partial charge in [0.25, 0.3) is 0 Å². The lowest BCUT2D eigenvalue weighted by molar-refractivity contribution is -0.117. The third kappa shape index (κ3) is 3.33. The summed E-state index contributed by atoms with van der Waals surface area (Å²) in [7, 11) is 0. The van der Waals surface area contributed by atoms with Crippen molar-refractivity contribution < 1.29 is 9.21 Å². The Kier molecular flexibility index (Phi) is 4.69. The Bertz CT molecular complexity index is 664. The molecule has 0 aliphatic rings. The molecule has 0 aliphatic carbocycles. The van der Waals surface area contributed by atoms with E-state index in [4.69, 9.17) is 10.2 Å². The highest BCUT2D eigenvalue weighted by Gasteiger charge is 2.09. The standard InChI is InChI=1S/C13H14N2O3.ClH/c1-7-5-12(16)18-11-6-9(3-4-10(7)11)15-13(17)8(2)14;/h3-6,8H,14H2,1-2H3,(H,15,17);1H/t8-;/m0./s1. The van der Waals surface area contributed by atoms with Crippen molar-refractivity contribution in [2.45, 2.75) is 19.9 Å². The van der Waals surface area contributed by atoms with Crippen LogP contribution in [0.15, 0.2) is 33.5 Å². The summed E-state index contributed by atoms with van der Waals surface area (Å²) in [5.74, 6) is -0.288. The highest BCUT2D eigenvalue weighted by atomic mass is 35.5. The number of amides is 1. The highest BCUT2D eigenvalue weighted by molar-refractivity contribution is 5.96. The summed E-state index contributed by atoms with van der Waals surface area (Å²) in [6.45, 7) is 3.43. The van der Waals surface area contributed by atoms with Crippen LogP contribution in [-0.4, -0.2) is 11.9 Å². The lowest BCUT2D eigenvalue weighted by atomic mass is 10.1. The summed E-state index contributed by atoms with van der Waals surface area (Å²) in [6, 6.07) is 6.00. The number of hydrogen-bond donors (Lipinski definition) is 2. The molecule has 0 aliphatic heterocycles. The number of aryl methyl sites for hydroxylation is 1. The van der Waals surface area contributed by atoms with Crippen LogP contribution in [0.3, 0.4) is 0 Å². The molecule has 3 N–H and O–H groups in total. The van der Waals surface area contributed by atoms with Crippen molar-refractivity contribution in [1.82, 2.24) is 0 Å². The summed E-state index contributed by atoms with van der Waals surface area (Å²) >= 11 is 0. The van der Waals surface area contributed by atoms with Gasteiger partial charge in [-0.25, -0.2) is 4.79 Å². The van der Waals surface area contributed by atoms with Crippen LogP contribution in [0.25, 0.3) is 11.0 Å². The van der Waals surface area contributed by atoms with Crippen molar-refractivity contribution in [1.29, 1.82) is 0 Å². The van der Waals surface area contributed by atoms with E-state index in [9.17, 15) is 9.59 Å². The van der Waals surface area contributed by atoms with E-state index in [1.54, 1.807) is 25.1 Å². The number of carbonyl (C=O) groups is 1. The smallest absolute Gasteiger partial charge is 0.336 e. The maximum atomic E-state index is 11.5. The number of halogens is 1. The summed E-state index contributed by atoms with van der Waals surface area (Å²) in [5, 5.41) is 3.49. The Balaban J connectivity index is 0.00000180. The van der Waals surface area contributed by atoms with Crippen molar-refractivity contribution in [3.8, 4) is 0 Å². The van der Waals surface area contributed by atoms with Crippen molar-refractivity contribution >= 4 is 35.0 Å². The molecule has 0 spiro atoms. The molecule has 0 saturated heterocycles. The topological polar surface area (TPSA) is 85.3 Å². The zero-order valence-electron chi connectivity index (χ0n) is 10.6. The zero-order chi connectivity index (χ0) is 13.3. The molecular weight excluding hydrogens is 268 g/mol. The number of nitrogens with one attached hydrogen (secondary N) is 1. The average Bonchev–Trinajstić information content (AvgIpc) is 2.27. The van der Waals surface area contributed by atoms with Crippen LogP contribution >= 0.6 is 12.4 Å². The third-order valence-corrected chi connectivity index (χ3v) is 2.63. The van der Waals surface area contributed by atoms with Gasteiger partial charge in [-0.1, -0.05) is 0 Å². The van der Waals surface area contributed by atoms with Gasteiger partial charge in [-0.2, -0.15) is 0 Å². The Labute approximate surface area is 116 Å². The van der Waals surface area contributed by atoms with Crippen LogP contribution in [0.5, 0.6) is 0 Å². The van der Waals surface area contributed by atoms with Crippen LogP contribution in [0.2, 0.25) is 0 Å². The summed E-state index contributed by atoms with van der Waals surface area (Å²) in [5.41, 5.74) is 6.89. The molecule has 1 heterocycles. The number of rotatable bonds is 2. The SMILES string of the molecule is Cc1cc(=O)oc2cc(NC(=O)[C@H](C)N)ccc12.Cl. The summed E-state index contributed by atoms with van der Waals surface area (Å²) in [4.78, 5) is 22.7. The van der Waals surface area contributed by atoms with E-state index >= 15 is 0 Å². The van der Waals surface area contributed by atoms with E-state index < -0.39 is 11.7 Å². The molecule has 2 aromatic rings. The van der Waals surface area contributed by atoms with Gasteiger partial charge < -0.3 is 15.5 Å². The largest absolute Gasteiger partial charge is 0.423 e. The van der Waals surface area contributed by atoms with Crippen LogP contribution in [0.4, 0.5) is 5.69 Å². The van der Waals surface area contributed by atoms with Gasteiger partial charge in [-0.3, -0.25) is 4.79 Å². The van der Waals surface area contributed by atoms with Gasteiger partial charge in [-0.05, 0) is 31.5 Å². The minimum absolute atomic E-state index is 0. The first-order valence-electron chi connectivity index (χ1n) is 5.58. The van der Waals surface area contributed by atoms with Crippen LogP contribution < -0.4 is 16.7 Å². The molecule has 1 aromatic carbocycles. The van der Waals surface area contributed by atoms with E-state index in [-0.39, 0.29) is 18.3 Å². The fourth-order valence-electron chi connectivity index (χ4n) is 1.66. The van der Waals surface area contributed by atoms with Gasteiger partial charge in [-0.15, -0.1) is 12.4 Å². The van der Waals surface area contributed by atoms with Crippen molar-refractivity contribution in [3.05, 3.63) is 40.2 Å². The molecular formula is C13H15ClN2O3. The fraction of sp³-hybridized carbons (Fsp3) is 0.231. The predicted octanol–water partition coefficient (Wildman–Crippen LogP) is 1.81. The predicted molar refractivity (Wildman–Crippen MR) is 76.7 cm³/mol. The molecule has 2 rings (SSSR count). The monoisotopic (exact) mass is 282 g/mol. The molecule has 1 aromatic heterocycles. The molecule has 19 heavy (non-hydrogen) atoms. The van der Waals surface area contributed by atoms with Gasteiger partial charge in [0.05, 0.1) is 6.04 Å². The Morgan fingerprint density at radius 2 is 2.05 bits per heavy atom. The number of nitrogens with two attached hydrogens (primary N) is 1. The molecule has 0 fully saturated rings. The molecule has 0 radical (unpaired) electrons. The van der Waals surface area contributed by atoms with Crippen LogP contribution in [0, 0.1) is 6.92 Å². The van der Waals surface area contributed by atoms with Gasteiger partial charge in [0.1, 0.15) is 5.58 Å². The first kappa shape index (κ1) is 15.2. The van der Waals surface area contributed by atoms with Crippen molar-refractivity contribution in [2.75, 3.05) is 5.32 Å². The maximum Gasteiger partial charge on any atom is 0.336 e. The average molecular weight is 283 g/mol. The van der Waals surface area contributed by atoms with Crippen LogP contribution in [-0.2, 0) is 4.79 Å². The number of carbonyl (C=O) groups excluding carboxylic acids is 1. The number of anilines is 1. The quantitative estimate of drug-likeness (QED) is 0.823. The Morgan fingerprint density at radius 1 is 1.37 bits per heavy atom. The first-order valence-corrected chi connectivity index (χ1v) is 5.58. The molecule has 1 amide bonds. The second-order valence-corrected chi connectivity index (χ2v) is 4.24. The zero-order valence-corrected chi connectivity index (χ0v) is 11.4. The second-order valence-electron chi connectivity index (χ2n) is 4.24. The number of hydrogen-bond acceptors (Lipinski definition) is 4. The van der Waals surface area contributed by atoms with Gasteiger partial charge in [0.15, 0.2) is 0 Å². The third-order valence-electron chi connectivity index (χ3n) is 2.63. The number of benzene rings is 1. The van der Waals surface area contributed by atoms with E-state index in [1.165, 1.54) is 6.07 Å². The number of fused-ring (bicyclic) bond motifs is 1. The van der Waals surface area contributed by atoms with Gasteiger partial charge in [0, 0.05) is 23.2 Å². The van der Waals surface area contributed by atoms with Crippen molar-refractivity contribution in [3.63, 3.8) is 0 Å². The molecule has 0 unspecified atom stereocenters. The maximum absolute atomic E-state index is 11.5. The summed E-state index contributed by atoms with van der Waals surface area (Å²) in [6.07, 6.45) is 0. The van der Waals surface area contributed by atoms with Crippen LogP contribution in [0.1, 0.15) is 12.5 Å². The minimum atomic E-state index is -0.592. The molecule has 0 saturated carbocycles. The lowest BCUT2D eigenvalue weighted by Gasteiger charge is -2.08. The van der Waals surface area contributed by atoms with E-state index in [2.05, 4.69) is 5.32 Å². The van der Waals surface area contributed by atoms with E-state index in [0.29, 0.717) is 11.3 Å². The van der Waals surface area contributed by atoms with Gasteiger partial charge >= 0.3 is 5.63 Å². The van der Waals surface area contributed by atoms with E-state index in [0.717, 1.165) is 10.9 Å². The lowest BCUT2D eigenvalue weighted by Crippen LogP contribution is -2.32. The molecule has 102 valence electrons. The molecule has 5 nitrogen and oxygen atoms in total. The first-order chi connectivity index (χ1) is 8.47. The molecule has 1 atom stereocenters. The van der Waals surface area contributed by atoms with Gasteiger partial charge in [0.2, 0.25) is 5.91 Å². The van der Waals surface area contributed by atoms with E-state index in [1.807, 2.05) is 6.92 Å². The fourth-order valence-corrected chi connectivity index (χ4v) is 1.66. The second kappa shape index (κ2) is 5.86. The summed E-state index contributed by atoms with van der Waals surface area (Å²) < 4.78 is 5.09.